The normalized spacial score (nSPS) is 11.4. The number of nitrogens with zero attached hydrogens (tertiary/aromatic N) is 3. The largest absolute Gasteiger partial charge is 0.497 e. The minimum Gasteiger partial charge on any atom is -0.497 e. The lowest BCUT2D eigenvalue weighted by Gasteiger charge is -2.31. The second kappa shape index (κ2) is 13.8. The molecule has 41 heavy (non-hydrogen) atoms. The van der Waals surface area contributed by atoms with Crippen LogP contribution in [0.3, 0.4) is 0 Å². The Morgan fingerprint density at radius 3 is 2.07 bits per heavy atom. The van der Waals surface area contributed by atoms with Crippen molar-refractivity contribution < 1.29 is 23.5 Å². The molecule has 4 rings (SSSR count). The molecule has 0 aliphatic carbocycles. The maximum absolute atomic E-state index is 14.8. The average Bonchev–Trinajstić information content (AvgIpc) is 2.97. The van der Waals surface area contributed by atoms with Gasteiger partial charge in [-0.15, -0.1) is 0 Å². The highest BCUT2D eigenvalue weighted by molar-refractivity contribution is 7.99. The van der Waals surface area contributed by atoms with E-state index in [1.807, 2.05) is 19.9 Å². The predicted octanol–water partition coefficient (Wildman–Crippen LogP) is 5.75. The minimum atomic E-state index is -1.09. The third-order valence-corrected chi connectivity index (χ3v) is 7.09. The molecule has 1 aromatic heterocycles. The van der Waals surface area contributed by atoms with Crippen molar-refractivity contribution in [2.75, 3.05) is 25.3 Å². The van der Waals surface area contributed by atoms with Gasteiger partial charge in [0.25, 0.3) is 5.91 Å². The second-order valence-electron chi connectivity index (χ2n) is 9.23. The van der Waals surface area contributed by atoms with Crippen LogP contribution in [0, 0.1) is 19.7 Å². The molecule has 0 spiro atoms. The number of amides is 2. The lowest BCUT2D eigenvalue weighted by molar-refractivity contribution is -0.137. The molecule has 8 nitrogen and oxygen atoms in total. The average molecular weight is 575 g/mol. The van der Waals surface area contributed by atoms with Crippen molar-refractivity contribution in [2.24, 2.45) is 0 Å². The molecule has 0 bridgehead atoms. The number of nitrogens with one attached hydrogen (secondary N) is 1. The van der Waals surface area contributed by atoms with Gasteiger partial charge in [-0.3, -0.25) is 9.59 Å². The van der Waals surface area contributed by atoms with Gasteiger partial charge in [0.1, 0.15) is 23.4 Å². The molecule has 0 saturated carbocycles. The van der Waals surface area contributed by atoms with Crippen molar-refractivity contribution in [3.63, 3.8) is 0 Å². The molecule has 4 aromatic rings. The van der Waals surface area contributed by atoms with Gasteiger partial charge in [-0.1, -0.05) is 42.1 Å². The Morgan fingerprint density at radius 2 is 1.49 bits per heavy atom. The van der Waals surface area contributed by atoms with Gasteiger partial charge in [0, 0.05) is 29.2 Å². The molecule has 0 aliphatic heterocycles. The summed E-state index contributed by atoms with van der Waals surface area (Å²) in [6.45, 7) is 3.58. The van der Waals surface area contributed by atoms with Crippen molar-refractivity contribution in [3.8, 4) is 11.5 Å². The summed E-state index contributed by atoms with van der Waals surface area (Å²) < 4.78 is 25.4. The van der Waals surface area contributed by atoms with Crippen molar-refractivity contribution in [1.29, 1.82) is 0 Å². The number of carbonyl (C=O) groups excluding carboxylic acids is 2. The highest BCUT2D eigenvalue weighted by Gasteiger charge is 2.32. The molecule has 2 amide bonds. The van der Waals surface area contributed by atoms with Crippen LogP contribution in [-0.2, 0) is 16.1 Å². The van der Waals surface area contributed by atoms with E-state index in [4.69, 9.17) is 9.47 Å². The van der Waals surface area contributed by atoms with Crippen molar-refractivity contribution in [2.45, 2.75) is 31.6 Å². The van der Waals surface area contributed by atoms with Gasteiger partial charge in [-0.05, 0) is 67.9 Å². The summed E-state index contributed by atoms with van der Waals surface area (Å²) >= 11 is 1.17. The van der Waals surface area contributed by atoms with Crippen LogP contribution in [-0.4, -0.2) is 46.7 Å². The number of carbonyl (C=O) groups is 2. The number of halogens is 1. The minimum absolute atomic E-state index is 0.0557. The summed E-state index contributed by atoms with van der Waals surface area (Å²) in [5.41, 5.74) is 2.90. The number of anilines is 1. The molecule has 212 valence electrons. The van der Waals surface area contributed by atoms with Gasteiger partial charge in [-0.2, -0.15) is 0 Å². The topological polar surface area (TPSA) is 93.7 Å². The van der Waals surface area contributed by atoms with E-state index in [2.05, 4.69) is 15.3 Å². The lowest BCUT2D eigenvalue weighted by Crippen LogP contribution is -2.42. The maximum atomic E-state index is 14.8. The number of thioether (sulfide) groups is 1. The van der Waals surface area contributed by atoms with Crippen LogP contribution >= 0.6 is 11.8 Å². The van der Waals surface area contributed by atoms with Gasteiger partial charge in [0.15, 0.2) is 5.16 Å². The van der Waals surface area contributed by atoms with E-state index in [1.54, 1.807) is 80.9 Å². The smallest absolute Gasteiger partial charge is 0.251 e. The van der Waals surface area contributed by atoms with Crippen LogP contribution in [0.5, 0.6) is 11.5 Å². The second-order valence-corrected chi connectivity index (χ2v) is 10.2. The Balaban J connectivity index is 1.71. The molecule has 1 N–H and O–H groups in total. The zero-order valence-corrected chi connectivity index (χ0v) is 24.1. The maximum Gasteiger partial charge on any atom is 0.251 e. The number of rotatable bonds is 11. The highest BCUT2D eigenvalue weighted by Crippen LogP contribution is 2.29. The van der Waals surface area contributed by atoms with Crippen LogP contribution in [0.25, 0.3) is 0 Å². The molecule has 1 unspecified atom stereocenters. The third-order valence-electron chi connectivity index (χ3n) is 6.25. The SMILES string of the molecule is COc1ccc(NC(=O)C(c2ccc(OC)cc2)N(Cc2ccccc2F)C(=O)CSc2nc(C)cc(C)n2)cc1. The first-order valence-electron chi connectivity index (χ1n) is 12.8. The van der Waals surface area contributed by atoms with Crippen LogP contribution in [0.2, 0.25) is 0 Å². The van der Waals surface area contributed by atoms with Crippen LogP contribution in [0.15, 0.2) is 84.0 Å². The summed E-state index contributed by atoms with van der Waals surface area (Å²) in [5.74, 6) is -0.141. The Kier molecular flexibility index (Phi) is 9.91. The fourth-order valence-electron chi connectivity index (χ4n) is 4.24. The zero-order chi connectivity index (χ0) is 29.4. The van der Waals surface area contributed by atoms with Crippen molar-refractivity contribution in [3.05, 3.63) is 107 Å². The number of hydrogen-bond donors (Lipinski definition) is 1. The number of hydrogen-bond acceptors (Lipinski definition) is 7. The number of methoxy groups -OCH3 is 2. The molecule has 0 saturated heterocycles. The van der Waals surface area contributed by atoms with Crippen LogP contribution < -0.4 is 14.8 Å². The molecular weight excluding hydrogens is 543 g/mol. The van der Waals surface area contributed by atoms with Crippen LogP contribution in [0.1, 0.15) is 28.6 Å². The monoisotopic (exact) mass is 574 g/mol. The quantitative estimate of drug-likeness (QED) is 0.180. The van der Waals surface area contributed by atoms with Gasteiger partial charge >= 0.3 is 0 Å². The first-order chi connectivity index (χ1) is 19.8. The zero-order valence-electron chi connectivity index (χ0n) is 23.3. The Bertz CT molecular complexity index is 1480. The highest BCUT2D eigenvalue weighted by atomic mass is 32.2. The molecule has 3 aromatic carbocycles. The predicted molar refractivity (Wildman–Crippen MR) is 157 cm³/mol. The Morgan fingerprint density at radius 1 is 0.902 bits per heavy atom. The number of aryl methyl sites for hydroxylation is 2. The standard InChI is InChI=1S/C31H31FN4O4S/c1-20-17-21(2)34-31(33-20)41-19-28(37)36(18-23-7-5-6-8-27(23)32)29(22-9-13-25(39-3)14-10-22)30(38)35-24-11-15-26(40-4)16-12-24/h5-17,29H,18-19H2,1-4H3,(H,35,38). The fraction of sp³-hybridized carbons (Fsp3) is 0.226. The van der Waals surface area contributed by atoms with E-state index in [1.165, 1.54) is 22.7 Å². The van der Waals surface area contributed by atoms with E-state index in [9.17, 15) is 14.0 Å². The Labute approximate surface area is 242 Å². The Hall–Kier alpha value is -4.44. The molecule has 0 aliphatic rings. The summed E-state index contributed by atoms with van der Waals surface area (Å²) in [7, 11) is 3.10. The van der Waals surface area contributed by atoms with Gasteiger partial charge < -0.3 is 19.7 Å². The van der Waals surface area contributed by atoms with E-state index in [-0.39, 0.29) is 23.8 Å². The lowest BCUT2D eigenvalue weighted by atomic mass is 10.0. The molecule has 0 radical (unpaired) electrons. The van der Waals surface area contributed by atoms with Crippen LogP contribution in [0.4, 0.5) is 10.1 Å². The number of ether oxygens (including phenoxy) is 2. The van der Waals surface area contributed by atoms with E-state index < -0.39 is 17.8 Å². The number of benzene rings is 3. The van der Waals surface area contributed by atoms with Crippen molar-refractivity contribution >= 4 is 29.3 Å². The molecule has 10 heteroatoms. The molecular formula is C31H31FN4O4S. The molecule has 0 fully saturated rings. The van der Waals surface area contributed by atoms with Crippen molar-refractivity contribution in [1.82, 2.24) is 14.9 Å². The van der Waals surface area contributed by atoms with E-state index in [0.717, 1.165) is 11.4 Å². The molecule has 1 heterocycles. The van der Waals surface area contributed by atoms with E-state index >= 15 is 0 Å². The summed E-state index contributed by atoms with van der Waals surface area (Å²) in [6, 6.07) is 20.7. The summed E-state index contributed by atoms with van der Waals surface area (Å²) in [6.07, 6.45) is 0. The molecule has 1 atom stereocenters. The first kappa shape index (κ1) is 29.5. The summed E-state index contributed by atoms with van der Waals surface area (Å²) in [5, 5.41) is 3.35. The number of aromatic nitrogens is 2. The van der Waals surface area contributed by atoms with Gasteiger partial charge in [0.2, 0.25) is 5.91 Å². The van der Waals surface area contributed by atoms with Gasteiger partial charge in [-0.25, -0.2) is 14.4 Å². The first-order valence-corrected chi connectivity index (χ1v) is 13.8. The third kappa shape index (κ3) is 7.82. The van der Waals surface area contributed by atoms with E-state index in [0.29, 0.717) is 27.9 Å². The fourth-order valence-corrected chi connectivity index (χ4v) is 5.08. The summed E-state index contributed by atoms with van der Waals surface area (Å²) in [4.78, 5) is 38.0. The van der Waals surface area contributed by atoms with Gasteiger partial charge in [0.05, 0.1) is 20.0 Å².